The first kappa shape index (κ1) is 29.4. The first-order valence-electron chi connectivity index (χ1n) is 13.3. The quantitative estimate of drug-likeness (QED) is 0.359. The van der Waals surface area contributed by atoms with Gasteiger partial charge in [0, 0.05) is 13.1 Å². The van der Waals surface area contributed by atoms with Gasteiger partial charge in [0.2, 0.25) is 10.0 Å². The monoisotopic (exact) mass is 562 g/mol. The fourth-order valence-corrected chi connectivity index (χ4v) is 6.57. The molecule has 0 unspecified atom stereocenters. The average Bonchev–Trinajstić information content (AvgIpc) is 3.53. The number of nitrogens with one attached hydrogen (secondary N) is 1. The van der Waals surface area contributed by atoms with E-state index in [0.717, 1.165) is 12.0 Å². The number of benzene rings is 2. The van der Waals surface area contributed by atoms with E-state index in [9.17, 15) is 23.4 Å². The van der Waals surface area contributed by atoms with Gasteiger partial charge in [-0.3, -0.25) is 0 Å². The van der Waals surface area contributed by atoms with Crippen LogP contribution in [0.25, 0.3) is 0 Å². The molecule has 39 heavy (non-hydrogen) atoms. The molecule has 5 atom stereocenters. The van der Waals surface area contributed by atoms with E-state index < -0.39 is 34.4 Å². The lowest BCUT2D eigenvalue weighted by atomic mass is 10.0. The Labute approximate surface area is 229 Å². The van der Waals surface area contributed by atoms with Crippen LogP contribution in [0.2, 0.25) is 0 Å². The Morgan fingerprint density at radius 3 is 2.46 bits per heavy atom. The summed E-state index contributed by atoms with van der Waals surface area (Å²) in [6.45, 7) is 4.32. The number of alkyl carbamates (subject to hydrolysis) is 1. The van der Waals surface area contributed by atoms with E-state index in [2.05, 4.69) is 5.32 Å². The maximum Gasteiger partial charge on any atom is 0.407 e. The van der Waals surface area contributed by atoms with Crippen molar-refractivity contribution in [3.63, 3.8) is 0 Å². The van der Waals surface area contributed by atoms with Crippen molar-refractivity contribution in [1.82, 2.24) is 9.62 Å². The third-order valence-electron chi connectivity index (χ3n) is 7.01. The molecule has 1 amide bonds. The molecule has 0 aliphatic carbocycles. The molecular formula is C28H38N2O8S. The van der Waals surface area contributed by atoms with E-state index >= 15 is 0 Å². The highest BCUT2D eigenvalue weighted by Crippen LogP contribution is 2.33. The molecule has 0 bridgehead atoms. The summed E-state index contributed by atoms with van der Waals surface area (Å²) in [6.07, 6.45) is -1.74. The number of hydrogen-bond donors (Lipinski definition) is 3. The Bertz CT molecular complexity index is 1180. The van der Waals surface area contributed by atoms with E-state index in [4.69, 9.17) is 14.2 Å². The molecule has 11 heteroatoms. The van der Waals surface area contributed by atoms with Crippen LogP contribution >= 0.6 is 0 Å². The molecule has 0 spiro atoms. The van der Waals surface area contributed by atoms with Crippen molar-refractivity contribution in [3.05, 3.63) is 65.7 Å². The van der Waals surface area contributed by atoms with Crippen molar-refractivity contribution >= 4 is 16.1 Å². The van der Waals surface area contributed by atoms with Gasteiger partial charge in [-0.2, -0.15) is 4.31 Å². The first-order chi connectivity index (χ1) is 18.7. The summed E-state index contributed by atoms with van der Waals surface area (Å²) in [5.74, 6) is -0.0460. The molecule has 2 aliphatic rings. The van der Waals surface area contributed by atoms with Gasteiger partial charge in [-0.15, -0.1) is 0 Å². The Morgan fingerprint density at radius 2 is 1.79 bits per heavy atom. The van der Waals surface area contributed by atoms with Gasteiger partial charge in [0.25, 0.3) is 0 Å². The third-order valence-corrected chi connectivity index (χ3v) is 8.86. The fourth-order valence-electron chi connectivity index (χ4n) is 4.95. The molecule has 2 aromatic rings. The van der Waals surface area contributed by atoms with E-state index in [0.29, 0.717) is 12.2 Å². The number of hydrogen-bond acceptors (Lipinski definition) is 8. The predicted molar refractivity (Wildman–Crippen MR) is 143 cm³/mol. The average molecular weight is 563 g/mol. The van der Waals surface area contributed by atoms with Gasteiger partial charge in [-0.05, 0) is 42.0 Å². The molecular weight excluding hydrogens is 524 g/mol. The number of fused-ring (bicyclic) bond motifs is 1. The summed E-state index contributed by atoms with van der Waals surface area (Å²) in [6, 6.07) is 14.5. The van der Waals surface area contributed by atoms with Crippen LogP contribution in [0, 0.1) is 11.8 Å². The zero-order valence-corrected chi connectivity index (χ0v) is 23.1. The molecule has 2 heterocycles. The van der Waals surface area contributed by atoms with Crippen LogP contribution in [0.4, 0.5) is 4.79 Å². The number of sulfonamides is 1. The topological polar surface area (TPSA) is 135 Å². The molecule has 3 N–H and O–H groups in total. The number of nitrogens with zero attached hydrogens (tertiary/aromatic N) is 1. The summed E-state index contributed by atoms with van der Waals surface area (Å²) in [5.41, 5.74) is 1.46. The van der Waals surface area contributed by atoms with Gasteiger partial charge < -0.3 is 29.7 Å². The number of carbonyl (C=O) groups is 1. The molecule has 0 radical (unpaired) electrons. The summed E-state index contributed by atoms with van der Waals surface area (Å²) < 4.78 is 45.1. The van der Waals surface area contributed by atoms with E-state index in [-0.39, 0.29) is 55.7 Å². The number of amides is 1. The van der Waals surface area contributed by atoms with Crippen molar-refractivity contribution in [2.24, 2.45) is 11.8 Å². The van der Waals surface area contributed by atoms with Crippen molar-refractivity contribution < 1.29 is 37.6 Å². The maximum atomic E-state index is 13.6. The van der Waals surface area contributed by atoms with Crippen molar-refractivity contribution in [1.29, 1.82) is 0 Å². The van der Waals surface area contributed by atoms with E-state index in [1.807, 2.05) is 44.2 Å². The summed E-state index contributed by atoms with van der Waals surface area (Å²) in [7, 11) is -3.96. The summed E-state index contributed by atoms with van der Waals surface area (Å²) in [4.78, 5) is 13.0. The van der Waals surface area contributed by atoms with Gasteiger partial charge in [0.15, 0.2) is 6.29 Å². The van der Waals surface area contributed by atoms with Crippen molar-refractivity contribution in [3.8, 4) is 0 Å². The standard InChI is InChI=1S/C28H38N2O8S/c1-19(2)15-30(39(34,35)22-10-8-21(17-31)9-11-22)16-25(32)24(14-20-6-4-3-5-7-20)29-28(33)38-26-18-37-27-23(26)12-13-36-27/h3-11,19,23-27,31-32H,12-18H2,1-2H3,(H,29,33)/t23-,24-,25+,26-,27+/m0/s1. The van der Waals surface area contributed by atoms with Crippen LogP contribution in [0.15, 0.2) is 59.5 Å². The predicted octanol–water partition coefficient (Wildman–Crippen LogP) is 2.29. The van der Waals surface area contributed by atoms with E-state index in [1.54, 1.807) is 12.1 Å². The van der Waals surface area contributed by atoms with Crippen molar-refractivity contribution in [2.45, 2.75) is 62.7 Å². The van der Waals surface area contributed by atoms with Gasteiger partial charge in [0.05, 0.1) is 42.8 Å². The largest absolute Gasteiger partial charge is 0.443 e. The fraction of sp³-hybridized carbons (Fsp3) is 0.536. The van der Waals surface area contributed by atoms with Crippen LogP contribution in [-0.4, -0.2) is 79.9 Å². The zero-order valence-electron chi connectivity index (χ0n) is 22.3. The minimum absolute atomic E-state index is 0.0156. The van der Waals surface area contributed by atoms with Crippen LogP contribution in [0.1, 0.15) is 31.4 Å². The minimum Gasteiger partial charge on any atom is -0.443 e. The van der Waals surface area contributed by atoms with Gasteiger partial charge >= 0.3 is 6.09 Å². The van der Waals surface area contributed by atoms with Crippen LogP contribution in [-0.2, 0) is 37.3 Å². The second-order valence-corrected chi connectivity index (χ2v) is 12.4. The Balaban J connectivity index is 1.51. The lowest BCUT2D eigenvalue weighted by Gasteiger charge is -2.31. The lowest BCUT2D eigenvalue weighted by Crippen LogP contribution is -2.51. The normalized spacial score (nSPS) is 22.6. The number of aliphatic hydroxyl groups is 2. The molecule has 2 aromatic carbocycles. The smallest absolute Gasteiger partial charge is 0.407 e. The molecule has 0 aromatic heterocycles. The molecule has 2 saturated heterocycles. The van der Waals surface area contributed by atoms with Crippen LogP contribution < -0.4 is 5.32 Å². The van der Waals surface area contributed by atoms with Crippen LogP contribution in [0.3, 0.4) is 0 Å². The first-order valence-corrected chi connectivity index (χ1v) is 14.7. The van der Waals surface area contributed by atoms with Gasteiger partial charge in [-0.1, -0.05) is 56.3 Å². The second-order valence-electron chi connectivity index (χ2n) is 10.5. The van der Waals surface area contributed by atoms with Crippen molar-refractivity contribution in [2.75, 3.05) is 26.3 Å². The summed E-state index contributed by atoms with van der Waals surface area (Å²) in [5, 5.41) is 23.4. The SMILES string of the molecule is CC(C)CN(C[C@@H](O)[C@H](Cc1ccccc1)NC(=O)O[C@H]1CO[C@H]2OCC[C@H]21)S(=O)(=O)c1ccc(CO)cc1. The highest BCUT2D eigenvalue weighted by molar-refractivity contribution is 7.89. The van der Waals surface area contributed by atoms with Gasteiger partial charge in [-0.25, -0.2) is 13.2 Å². The van der Waals surface area contributed by atoms with E-state index in [1.165, 1.54) is 16.4 Å². The molecule has 2 fully saturated rings. The molecule has 2 aliphatic heterocycles. The summed E-state index contributed by atoms with van der Waals surface area (Å²) >= 11 is 0. The molecule has 4 rings (SSSR count). The second kappa shape index (κ2) is 13.2. The lowest BCUT2D eigenvalue weighted by molar-refractivity contribution is -0.0907. The molecule has 10 nitrogen and oxygen atoms in total. The molecule has 214 valence electrons. The zero-order chi connectivity index (χ0) is 28.0. The number of aliphatic hydroxyl groups excluding tert-OH is 2. The highest BCUT2D eigenvalue weighted by Gasteiger charge is 2.44. The Kier molecular flexibility index (Phi) is 9.97. The maximum absolute atomic E-state index is 13.6. The Hall–Kier alpha value is -2.54. The third kappa shape index (κ3) is 7.56. The molecule has 0 saturated carbocycles. The number of rotatable bonds is 12. The minimum atomic E-state index is -3.96. The number of ether oxygens (including phenoxy) is 3. The highest BCUT2D eigenvalue weighted by atomic mass is 32.2. The van der Waals surface area contributed by atoms with Gasteiger partial charge in [0.1, 0.15) is 6.10 Å². The number of carbonyl (C=O) groups excluding carboxylic acids is 1. The van der Waals surface area contributed by atoms with Crippen LogP contribution in [0.5, 0.6) is 0 Å². The Morgan fingerprint density at radius 1 is 1.08 bits per heavy atom.